The monoisotopic (exact) mass is 219 g/mol. The first-order valence-electron chi connectivity index (χ1n) is 4.03. The predicted molar refractivity (Wildman–Crippen MR) is 54.9 cm³/mol. The summed E-state index contributed by atoms with van der Waals surface area (Å²) in [6.45, 7) is 3.10. The minimum atomic E-state index is 0.563. The van der Waals surface area contributed by atoms with Crippen LogP contribution in [-0.2, 0) is 11.4 Å². The van der Waals surface area contributed by atoms with Crippen LogP contribution in [0, 0.1) is 0 Å². The van der Waals surface area contributed by atoms with Crippen molar-refractivity contribution in [2.75, 3.05) is 6.61 Å². The minimum absolute atomic E-state index is 0.563. The molecule has 0 heterocycles. The molecule has 0 aliphatic carbocycles. The maximum absolute atomic E-state index is 5.94. The molecule has 4 heteroatoms. The lowest BCUT2D eigenvalue weighted by Gasteiger charge is -2.06. The van der Waals surface area contributed by atoms with Crippen molar-refractivity contribution in [2.45, 2.75) is 13.5 Å². The molecule has 0 atom stereocenters. The van der Waals surface area contributed by atoms with Crippen molar-refractivity contribution in [3.63, 3.8) is 0 Å². The Morgan fingerprint density at radius 3 is 2.85 bits per heavy atom. The van der Waals surface area contributed by atoms with Crippen LogP contribution in [0.4, 0.5) is 0 Å². The first kappa shape index (κ1) is 10.8. The van der Waals surface area contributed by atoms with Gasteiger partial charge in [-0.25, -0.2) is 0 Å². The normalized spacial score (nSPS) is 10.4. The van der Waals surface area contributed by atoms with Gasteiger partial charge in [-0.1, -0.05) is 35.3 Å². The maximum Gasteiger partial charge on any atom is 0.0654 e. The number of nitrogens with one attached hydrogen (secondary N) is 1. The van der Waals surface area contributed by atoms with E-state index in [9.17, 15) is 0 Å². The molecule has 1 aromatic rings. The Labute approximate surface area is 87.8 Å². The molecule has 0 radical (unpaired) electrons. The maximum atomic E-state index is 5.94. The molecule has 72 valence electrons. The average molecular weight is 220 g/mol. The number of hydroxylamine groups is 1. The van der Waals surface area contributed by atoms with Gasteiger partial charge in [0.2, 0.25) is 0 Å². The van der Waals surface area contributed by atoms with Crippen LogP contribution in [0.15, 0.2) is 18.2 Å². The SMILES string of the molecule is CCONCc1cccc(Cl)c1Cl. The Balaban J connectivity index is 2.61. The summed E-state index contributed by atoms with van der Waals surface area (Å²) in [5.41, 5.74) is 3.71. The Bertz CT molecular complexity index is 278. The summed E-state index contributed by atoms with van der Waals surface area (Å²) in [7, 11) is 0. The summed E-state index contributed by atoms with van der Waals surface area (Å²) in [4.78, 5) is 4.98. The standard InChI is InChI=1S/C9H11Cl2NO/c1-2-13-12-6-7-4-3-5-8(10)9(7)11/h3-5,12H,2,6H2,1H3. The third kappa shape index (κ3) is 3.16. The Morgan fingerprint density at radius 2 is 2.15 bits per heavy atom. The lowest BCUT2D eigenvalue weighted by molar-refractivity contribution is 0.0463. The highest BCUT2D eigenvalue weighted by molar-refractivity contribution is 6.42. The van der Waals surface area contributed by atoms with E-state index in [1.165, 1.54) is 0 Å². The summed E-state index contributed by atoms with van der Waals surface area (Å²) < 4.78 is 0. The van der Waals surface area contributed by atoms with Crippen LogP contribution in [0.2, 0.25) is 10.0 Å². The molecule has 1 aromatic carbocycles. The van der Waals surface area contributed by atoms with Gasteiger partial charge in [0.05, 0.1) is 16.7 Å². The number of benzene rings is 1. The fraction of sp³-hybridized carbons (Fsp3) is 0.333. The van der Waals surface area contributed by atoms with Crippen molar-refractivity contribution in [3.05, 3.63) is 33.8 Å². The molecule has 0 fully saturated rings. The quantitative estimate of drug-likeness (QED) is 0.622. The summed E-state index contributed by atoms with van der Waals surface area (Å²) in [5, 5.41) is 1.15. The van der Waals surface area contributed by atoms with Gasteiger partial charge in [-0.05, 0) is 18.6 Å². The van der Waals surface area contributed by atoms with E-state index in [-0.39, 0.29) is 0 Å². The fourth-order valence-corrected chi connectivity index (χ4v) is 1.30. The molecule has 0 unspecified atom stereocenters. The summed E-state index contributed by atoms with van der Waals surface area (Å²) in [5.74, 6) is 0. The zero-order valence-electron chi connectivity index (χ0n) is 7.31. The first-order valence-corrected chi connectivity index (χ1v) is 4.78. The van der Waals surface area contributed by atoms with Crippen molar-refractivity contribution in [1.29, 1.82) is 0 Å². The van der Waals surface area contributed by atoms with Gasteiger partial charge in [-0.3, -0.25) is 0 Å². The molecule has 0 spiro atoms. The summed E-state index contributed by atoms with van der Waals surface area (Å²) in [6, 6.07) is 5.52. The van der Waals surface area contributed by atoms with Crippen LogP contribution in [0.5, 0.6) is 0 Å². The molecule has 13 heavy (non-hydrogen) atoms. The van der Waals surface area contributed by atoms with E-state index in [4.69, 9.17) is 28.0 Å². The number of rotatable bonds is 4. The Morgan fingerprint density at radius 1 is 1.38 bits per heavy atom. The molecule has 0 aliphatic heterocycles. The van der Waals surface area contributed by atoms with E-state index in [2.05, 4.69) is 5.48 Å². The Kier molecular flexibility index (Phi) is 4.53. The number of hydrogen-bond donors (Lipinski definition) is 1. The third-order valence-corrected chi connectivity index (χ3v) is 2.40. The van der Waals surface area contributed by atoms with Gasteiger partial charge in [0, 0.05) is 6.54 Å². The topological polar surface area (TPSA) is 21.3 Å². The van der Waals surface area contributed by atoms with Crippen LogP contribution in [-0.4, -0.2) is 6.61 Å². The molecule has 0 bridgehead atoms. The summed E-state index contributed by atoms with van der Waals surface area (Å²) in [6.07, 6.45) is 0. The van der Waals surface area contributed by atoms with E-state index >= 15 is 0 Å². The zero-order chi connectivity index (χ0) is 9.68. The van der Waals surface area contributed by atoms with Crippen LogP contribution < -0.4 is 5.48 Å². The Hall–Kier alpha value is -0.280. The lowest BCUT2D eigenvalue weighted by atomic mass is 10.2. The van der Waals surface area contributed by atoms with Crippen LogP contribution in [0.1, 0.15) is 12.5 Å². The third-order valence-electron chi connectivity index (χ3n) is 1.54. The van der Waals surface area contributed by atoms with Crippen molar-refractivity contribution < 1.29 is 4.84 Å². The van der Waals surface area contributed by atoms with Gasteiger partial charge in [0.25, 0.3) is 0 Å². The van der Waals surface area contributed by atoms with Crippen LogP contribution in [0.3, 0.4) is 0 Å². The second-order valence-electron chi connectivity index (χ2n) is 2.47. The van der Waals surface area contributed by atoms with Gasteiger partial charge in [0.1, 0.15) is 0 Å². The molecule has 0 saturated heterocycles. The predicted octanol–water partition coefficient (Wildman–Crippen LogP) is 3.03. The highest BCUT2D eigenvalue weighted by Gasteiger charge is 2.02. The van der Waals surface area contributed by atoms with Gasteiger partial charge >= 0.3 is 0 Å². The molecule has 0 saturated carbocycles. The second kappa shape index (κ2) is 5.45. The fourth-order valence-electron chi connectivity index (χ4n) is 0.916. The van der Waals surface area contributed by atoms with Crippen molar-refractivity contribution >= 4 is 23.2 Å². The van der Waals surface area contributed by atoms with Crippen molar-refractivity contribution in [3.8, 4) is 0 Å². The van der Waals surface area contributed by atoms with E-state index in [1.54, 1.807) is 6.07 Å². The largest absolute Gasteiger partial charge is 0.302 e. The molecule has 0 amide bonds. The van der Waals surface area contributed by atoms with E-state index in [1.807, 2.05) is 19.1 Å². The van der Waals surface area contributed by atoms with Crippen LogP contribution >= 0.6 is 23.2 Å². The zero-order valence-corrected chi connectivity index (χ0v) is 8.82. The molecular formula is C9H11Cl2NO. The molecule has 0 aliphatic rings. The molecular weight excluding hydrogens is 209 g/mol. The van der Waals surface area contributed by atoms with E-state index in [0.29, 0.717) is 23.2 Å². The highest BCUT2D eigenvalue weighted by Crippen LogP contribution is 2.25. The smallest absolute Gasteiger partial charge is 0.0654 e. The minimum Gasteiger partial charge on any atom is -0.302 e. The molecule has 0 aromatic heterocycles. The number of halogens is 2. The van der Waals surface area contributed by atoms with Gasteiger partial charge in [-0.2, -0.15) is 5.48 Å². The van der Waals surface area contributed by atoms with Crippen molar-refractivity contribution in [2.24, 2.45) is 0 Å². The molecule has 2 nitrogen and oxygen atoms in total. The lowest BCUT2D eigenvalue weighted by Crippen LogP contribution is -2.13. The summed E-state index contributed by atoms with van der Waals surface area (Å²) >= 11 is 11.8. The molecule has 1 N–H and O–H groups in total. The van der Waals surface area contributed by atoms with Gasteiger partial charge in [0.15, 0.2) is 0 Å². The van der Waals surface area contributed by atoms with E-state index < -0.39 is 0 Å². The van der Waals surface area contributed by atoms with Gasteiger partial charge in [-0.15, -0.1) is 0 Å². The van der Waals surface area contributed by atoms with Gasteiger partial charge < -0.3 is 4.84 Å². The first-order chi connectivity index (χ1) is 6.25. The van der Waals surface area contributed by atoms with Crippen LogP contribution in [0.25, 0.3) is 0 Å². The average Bonchev–Trinajstić information content (AvgIpc) is 2.13. The van der Waals surface area contributed by atoms with Crippen molar-refractivity contribution in [1.82, 2.24) is 5.48 Å². The van der Waals surface area contributed by atoms with E-state index in [0.717, 1.165) is 5.56 Å². The second-order valence-corrected chi connectivity index (χ2v) is 3.25. The highest BCUT2D eigenvalue weighted by atomic mass is 35.5. The number of hydrogen-bond acceptors (Lipinski definition) is 2. The molecule has 1 rings (SSSR count).